The van der Waals surface area contributed by atoms with Crippen molar-refractivity contribution in [3.05, 3.63) is 39.3 Å². The molecule has 6 nitrogen and oxygen atoms in total. The standard InChI is InChI=1S/C17H16Cl2N4O2S/c1-20-14(24)15(25)22-5-4-17(8-22)9-23(16-21-7-13(19)26-16)12-3-2-10(18)6-11(12)17/h2-3,6-7H,4-5,8-9H2,1H3,(H,20,24). The highest BCUT2D eigenvalue weighted by Gasteiger charge is 2.49. The Labute approximate surface area is 164 Å². The van der Waals surface area contributed by atoms with Crippen LogP contribution in [0.5, 0.6) is 0 Å². The minimum atomic E-state index is -0.588. The van der Waals surface area contributed by atoms with E-state index >= 15 is 0 Å². The van der Waals surface area contributed by atoms with E-state index in [9.17, 15) is 9.59 Å². The van der Waals surface area contributed by atoms with Gasteiger partial charge in [-0.05, 0) is 30.2 Å². The lowest BCUT2D eigenvalue weighted by molar-refractivity contribution is -0.145. The summed E-state index contributed by atoms with van der Waals surface area (Å²) in [5, 5.41) is 3.86. The van der Waals surface area contributed by atoms with E-state index in [1.54, 1.807) is 11.1 Å². The zero-order valence-corrected chi connectivity index (χ0v) is 16.3. The van der Waals surface area contributed by atoms with E-state index in [-0.39, 0.29) is 5.41 Å². The van der Waals surface area contributed by atoms with Gasteiger partial charge in [-0.2, -0.15) is 0 Å². The van der Waals surface area contributed by atoms with Crippen LogP contribution in [0.2, 0.25) is 9.36 Å². The molecule has 0 saturated carbocycles. The summed E-state index contributed by atoms with van der Waals surface area (Å²) in [6.07, 6.45) is 2.40. The van der Waals surface area contributed by atoms with Crippen molar-refractivity contribution in [1.82, 2.24) is 15.2 Å². The highest BCUT2D eigenvalue weighted by Crippen LogP contribution is 2.50. The van der Waals surface area contributed by atoms with E-state index in [4.69, 9.17) is 23.2 Å². The summed E-state index contributed by atoms with van der Waals surface area (Å²) in [6, 6.07) is 5.79. The fraction of sp³-hybridized carbons (Fsp3) is 0.353. The van der Waals surface area contributed by atoms with Crippen molar-refractivity contribution in [2.75, 3.05) is 31.6 Å². The molecule has 1 N–H and O–H groups in total. The lowest BCUT2D eigenvalue weighted by atomic mass is 9.81. The van der Waals surface area contributed by atoms with E-state index in [1.807, 2.05) is 18.2 Å². The molecule has 1 aromatic heterocycles. The molecule has 1 unspecified atom stereocenters. The number of rotatable bonds is 1. The highest BCUT2D eigenvalue weighted by molar-refractivity contribution is 7.19. The first kappa shape index (κ1) is 17.6. The normalized spacial score (nSPS) is 21.3. The molecule has 1 saturated heterocycles. The lowest BCUT2D eigenvalue weighted by Crippen LogP contribution is -2.43. The van der Waals surface area contributed by atoms with Crippen LogP contribution in [0.15, 0.2) is 24.4 Å². The van der Waals surface area contributed by atoms with E-state index in [0.29, 0.717) is 29.0 Å². The van der Waals surface area contributed by atoms with Crippen molar-refractivity contribution < 1.29 is 9.59 Å². The Kier molecular flexibility index (Phi) is 4.33. The zero-order chi connectivity index (χ0) is 18.5. The van der Waals surface area contributed by atoms with Crippen LogP contribution in [0, 0.1) is 0 Å². The Morgan fingerprint density at radius 1 is 1.31 bits per heavy atom. The number of anilines is 2. The monoisotopic (exact) mass is 410 g/mol. The van der Waals surface area contributed by atoms with Crippen LogP contribution in [-0.4, -0.2) is 48.4 Å². The minimum Gasteiger partial charge on any atom is -0.351 e. The van der Waals surface area contributed by atoms with Crippen LogP contribution in [0.1, 0.15) is 12.0 Å². The van der Waals surface area contributed by atoms with Crippen LogP contribution < -0.4 is 10.2 Å². The molecule has 1 aromatic carbocycles. The van der Waals surface area contributed by atoms with Gasteiger partial charge in [0.05, 0.1) is 6.20 Å². The Morgan fingerprint density at radius 3 is 2.81 bits per heavy atom. The predicted molar refractivity (Wildman–Crippen MR) is 103 cm³/mol. The number of likely N-dealkylation sites (tertiary alicyclic amines) is 1. The average molecular weight is 411 g/mol. The maximum absolute atomic E-state index is 12.3. The molecule has 1 atom stereocenters. The molecule has 2 amide bonds. The summed E-state index contributed by atoms with van der Waals surface area (Å²) in [5.74, 6) is -1.08. The molecule has 0 aliphatic carbocycles. The first-order valence-corrected chi connectivity index (χ1v) is 9.71. The van der Waals surface area contributed by atoms with Gasteiger partial charge in [-0.3, -0.25) is 9.59 Å². The fourth-order valence-electron chi connectivity index (χ4n) is 3.83. The summed E-state index contributed by atoms with van der Waals surface area (Å²) in [5.41, 5.74) is 1.83. The molecular weight excluding hydrogens is 395 g/mol. The quantitative estimate of drug-likeness (QED) is 0.733. The fourth-order valence-corrected chi connectivity index (χ4v) is 4.91. The van der Waals surface area contributed by atoms with Gasteiger partial charge >= 0.3 is 11.8 Å². The predicted octanol–water partition coefficient (Wildman–Crippen LogP) is 2.82. The third kappa shape index (κ3) is 2.74. The van der Waals surface area contributed by atoms with Crippen LogP contribution in [0.3, 0.4) is 0 Å². The Bertz CT molecular complexity index is 903. The van der Waals surface area contributed by atoms with Crippen molar-refractivity contribution in [2.24, 2.45) is 0 Å². The second-order valence-corrected chi connectivity index (χ2v) is 8.61. The summed E-state index contributed by atoms with van der Waals surface area (Å²) in [6.45, 7) is 1.68. The van der Waals surface area contributed by atoms with Crippen LogP contribution >= 0.6 is 34.5 Å². The van der Waals surface area contributed by atoms with Gasteiger partial charge < -0.3 is 15.1 Å². The number of thiazole rings is 1. The summed E-state index contributed by atoms with van der Waals surface area (Å²) in [4.78, 5) is 32.2. The molecule has 1 spiro atoms. The van der Waals surface area contributed by atoms with Crippen LogP contribution in [0.4, 0.5) is 10.8 Å². The van der Waals surface area contributed by atoms with Crippen molar-refractivity contribution in [2.45, 2.75) is 11.8 Å². The number of halogens is 2. The van der Waals surface area contributed by atoms with Gasteiger partial charge in [0.25, 0.3) is 0 Å². The maximum atomic E-state index is 12.3. The number of carbonyl (C=O) groups is 2. The molecule has 2 aliphatic heterocycles. The van der Waals surface area contributed by atoms with Gasteiger partial charge in [0.15, 0.2) is 5.13 Å². The van der Waals surface area contributed by atoms with E-state index in [1.165, 1.54) is 18.4 Å². The van der Waals surface area contributed by atoms with E-state index < -0.39 is 11.8 Å². The van der Waals surface area contributed by atoms with Gasteiger partial charge in [0, 0.05) is 42.8 Å². The Hall–Kier alpha value is -1.83. The molecule has 4 rings (SSSR count). The van der Waals surface area contributed by atoms with Gasteiger partial charge in [0.1, 0.15) is 4.34 Å². The topological polar surface area (TPSA) is 65.5 Å². The molecule has 2 aliphatic rings. The molecule has 2 aromatic rings. The maximum Gasteiger partial charge on any atom is 0.311 e. The third-order valence-electron chi connectivity index (χ3n) is 5.04. The zero-order valence-electron chi connectivity index (χ0n) is 14.0. The second kappa shape index (κ2) is 6.40. The Morgan fingerprint density at radius 2 is 2.12 bits per heavy atom. The number of likely N-dealkylation sites (N-methyl/N-ethyl adjacent to an activating group) is 1. The smallest absolute Gasteiger partial charge is 0.311 e. The summed E-state index contributed by atoms with van der Waals surface area (Å²) >= 11 is 13.7. The van der Waals surface area contributed by atoms with E-state index in [2.05, 4.69) is 15.2 Å². The molecule has 1 fully saturated rings. The third-order valence-corrected chi connectivity index (χ3v) is 6.41. The van der Waals surface area contributed by atoms with Gasteiger partial charge in [-0.15, -0.1) is 0 Å². The molecule has 9 heteroatoms. The average Bonchev–Trinajstić information content (AvgIpc) is 3.33. The highest BCUT2D eigenvalue weighted by atomic mass is 35.5. The minimum absolute atomic E-state index is 0.276. The molecule has 26 heavy (non-hydrogen) atoms. The molecule has 136 valence electrons. The number of nitrogens with one attached hydrogen (secondary N) is 1. The molecular formula is C17H16Cl2N4O2S. The number of amides is 2. The first-order valence-electron chi connectivity index (χ1n) is 8.13. The lowest BCUT2D eigenvalue weighted by Gasteiger charge is -2.25. The largest absolute Gasteiger partial charge is 0.351 e. The van der Waals surface area contributed by atoms with Crippen LogP contribution in [-0.2, 0) is 15.0 Å². The Balaban J connectivity index is 1.71. The number of carbonyl (C=O) groups excluding carboxylic acids is 2. The molecule has 0 radical (unpaired) electrons. The SMILES string of the molecule is CNC(=O)C(=O)N1CCC2(C1)CN(c1ncc(Cl)s1)c1ccc(Cl)cc12. The number of aromatic nitrogens is 1. The van der Waals surface area contributed by atoms with Gasteiger partial charge in [-0.25, -0.2) is 4.98 Å². The van der Waals surface area contributed by atoms with Crippen molar-refractivity contribution >= 4 is 57.2 Å². The molecule has 0 bridgehead atoms. The van der Waals surface area contributed by atoms with Gasteiger partial charge in [-0.1, -0.05) is 34.5 Å². The first-order chi connectivity index (χ1) is 12.4. The van der Waals surface area contributed by atoms with Crippen molar-refractivity contribution in [1.29, 1.82) is 0 Å². The van der Waals surface area contributed by atoms with E-state index in [0.717, 1.165) is 22.8 Å². The summed E-state index contributed by atoms with van der Waals surface area (Å²) < 4.78 is 0.624. The van der Waals surface area contributed by atoms with Crippen LogP contribution in [0.25, 0.3) is 0 Å². The number of hydrogen-bond acceptors (Lipinski definition) is 5. The second-order valence-electron chi connectivity index (χ2n) is 6.53. The van der Waals surface area contributed by atoms with Gasteiger partial charge in [0.2, 0.25) is 0 Å². The van der Waals surface area contributed by atoms with Crippen molar-refractivity contribution in [3.8, 4) is 0 Å². The molecule has 3 heterocycles. The summed E-state index contributed by atoms with van der Waals surface area (Å²) in [7, 11) is 1.46. The number of benzene rings is 1. The number of fused-ring (bicyclic) bond motifs is 2. The number of hydrogen-bond donors (Lipinski definition) is 1. The number of nitrogens with zero attached hydrogens (tertiary/aromatic N) is 3. The van der Waals surface area contributed by atoms with Crippen molar-refractivity contribution in [3.63, 3.8) is 0 Å².